The van der Waals surface area contributed by atoms with E-state index in [-0.39, 0.29) is 6.61 Å². The molecule has 0 aliphatic rings. The minimum Gasteiger partial charge on any atom is -0.480 e. The molecule has 0 spiro atoms. The van der Waals surface area contributed by atoms with Gasteiger partial charge in [0, 0.05) is 6.54 Å². The van der Waals surface area contributed by atoms with E-state index in [4.69, 9.17) is 10.8 Å². The number of hydrogen-bond acceptors (Lipinski definition) is 4. The number of aliphatic carboxylic acids is 1. The Morgan fingerprint density at radius 2 is 2.27 bits per heavy atom. The summed E-state index contributed by atoms with van der Waals surface area (Å²) in [4.78, 5) is 21.2. The van der Waals surface area contributed by atoms with Crippen LogP contribution in [-0.2, 0) is 9.53 Å². The van der Waals surface area contributed by atoms with E-state index in [1.54, 1.807) is 0 Å². The third-order valence-electron chi connectivity index (χ3n) is 1.61. The van der Waals surface area contributed by atoms with E-state index in [1.165, 1.54) is 6.08 Å². The van der Waals surface area contributed by atoms with Crippen LogP contribution >= 0.6 is 0 Å². The number of carboxylic acids is 1. The topological polar surface area (TPSA) is 102 Å². The lowest BCUT2D eigenvalue weighted by Crippen LogP contribution is -2.32. The van der Waals surface area contributed by atoms with E-state index in [9.17, 15) is 9.59 Å². The Bertz CT molecular complexity index is 230. The SMILES string of the molecule is C=CCOC(=O)NCCC[C@H](N)C(=O)O. The molecule has 0 rings (SSSR count). The molecule has 1 atom stereocenters. The van der Waals surface area contributed by atoms with Gasteiger partial charge in [0.1, 0.15) is 12.6 Å². The lowest BCUT2D eigenvalue weighted by atomic mass is 10.2. The number of carbonyl (C=O) groups is 2. The second-order valence-corrected chi connectivity index (χ2v) is 2.90. The molecule has 0 fully saturated rings. The van der Waals surface area contributed by atoms with Crippen molar-refractivity contribution in [1.29, 1.82) is 0 Å². The fraction of sp³-hybridized carbons (Fsp3) is 0.556. The van der Waals surface area contributed by atoms with Gasteiger partial charge in [-0.3, -0.25) is 4.79 Å². The Balaban J connectivity index is 3.41. The summed E-state index contributed by atoms with van der Waals surface area (Å²) in [7, 11) is 0. The van der Waals surface area contributed by atoms with Crippen LogP contribution < -0.4 is 11.1 Å². The Hall–Kier alpha value is -1.56. The molecule has 6 nitrogen and oxygen atoms in total. The van der Waals surface area contributed by atoms with Gasteiger partial charge in [0.15, 0.2) is 0 Å². The summed E-state index contributed by atoms with van der Waals surface area (Å²) < 4.78 is 4.63. The van der Waals surface area contributed by atoms with E-state index in [2.05, 4.69) is 16.6 Å². The van der Waals surface area contributed by atoms with E-state index < -0.39 is 18.1 Å². The van der Waals surface area contributed by atoms with Crippen molar-refractivity contribution in [2.75, 3.05) is 13.2 Å². The molecule has 0 aliphatic heterocycles. The Morgan fingerprint density at radius 3 is 2.80 bits per heavy atom. The number of ether oxygens (including phenoxy) is 1. The number of nitrogens with one attached hydrogen (secondary N) is 1. The molecular weight excluding hydrogens is 200 g/mol. The Labute approximate surface area is 88.1 Å². The molecule has 0 unspecified atom stereocenters. The lowest BCUT2D eigenvalue weighted by Gasteiger charge is -2.07. The van der Waals surface area contributed by atoms with Gasteiger partial charge in [-0.05, 0) is 12.8 Å². The summed E-state index contributed by atoms with van der Waals surface area (Å²) in [6.45, 7) is 3.88. The Kier molecular flexibility index (Phi) is 7.00. The highest BCUT2D eigenvalue weighted by atomic mass is 16.5. The van der Waals surface area contributed by atoms with Crippen LogP contribution in [0.3, 0.4) is 0 Å². The van der Waals surface area contributed by atoms with Crippen molar-refractivity contribution in [2.24, 2.45) is 5.73 Å². The van der Waals surface area contributed by atoms with Gasteiger partial charge in [0.05, 0.1) is 0 Å². The van der Waals surface area contributed by atoms with Gasteiger partial charge in [-0.25, -0.2) is 4.79 Å². The number of hydrogen-bond donors (Lipinski definition) is 3. The molecule has 6 heteroatoms. The zero-order chi connectivity index (χ0) is 11.7. The summed E-state index contributed by atoms with van der Waals surface area (Å²) in [5.41, 5.74) is 5.26. The summed E-state index contributed by atoms with van der Waals surface area (Å²) in [5, 5.41) is 10.9. The van der Waals surface area contributed by atoms with Crippen LogP contribution in [0.25, 0.3) is 0 Å². The third kappa shape index (κ3) is 7.51. The molecule has 0 saturated carbocycles. The molecule has 4 N–H and O–H groups in total. The highest BCUT2D eigenvalue weighted by Crippen LogP contribution is 1.93. The summed E-state index contributed by atoms with van der Waals surface area (Å²) in [6.07, 6.45) is 1.73. The first kappa shape index (κ1) is 13.4. The molecule has 0 aromatic rings. The van der Waals surface area contributed by atoms with Crippen LogP contribution in [0.5, 0.6) is 0 Å². The van der Waals surface area contributed by atoms with Crippen LogP contribution in [0.4, 0.5) is 4.79 Å². The van der Waals surface area contributed by atoms with Gasteiger partial charge < -0.3 is 20.9 Å². The van der Waals surface area contributed by atoms with Crippen molar-refractivity contribution in [3.8, 4) is 0 Å². The van der Waals surface area contributed by atoms with Crippen molar-refractivity contribution in [3.05, 3.63) is 12.7 Å². The second kappa shape index (κ2) is 7.81. The average Bonchev–Trinajstić information content (AvgIpc) is 2.20. The molecule has 0 aromatic carbocycles. The fourth-order valence-corrected chi connectivity index (χ4v) is 0.822. The first-order valence-electron chi connectivity index (χ1n) is 4.57. The van der Waals surface area contributed by atoms with Gasteiger partial charge in [-0.15, -0.1) is 0 Å². The minimum absolute atomic E-state index is 0.153. The molecular formula is C9H16N2O4. The molecule has 15 heavy (non-hydrogen) atoms. The van der Waals surface area contributed by atoms with Crippen molar-refractivity contribution in [2.45, 2.75) is 18.9 Å². The molecule has 0 aliphatic carbocycles. The number of rotatable bonds is 7. The van der Waals surface area contributed by atoms with Gasteiger partial charge in [-0.2, -0.15) is 0 Å². The summed E-state index contributed by atoms with van der Waals surface area (Å²) in [5.74, 6) is -1.04. The van der Waals surface area contributed by atoms with E-state index in [1.807, 2.05) is 0 Å². The average molecular weight is 216 g/mol. The highest BCUT2D eigenvalue weighted by molar-refractivity contribution is 5.73. The van der Waals surface area contributed by atoms with Gasteiger partial charge in [0.25, 0.3) is 0 Å². The molecule has 0 bridgehead atoms. The van der Waals surface area contributed by atoms with E-state index in [0.29, 0.717) is 19.4 Å². The largest absolute Gasteiger partial charge is 0.480 e. The van der Waals surface area contributed by atoms with E-state index in [0.717, 1.165) is 0 Å². The molecule has 0 heterocycles. The maximum absolute atomic E-state index is 10.9. The van der Waals surface area contributed by atoms with Crippen LogP contribution in [0.2, 0.25) is 0 Å². The number of nitrogens with two attached hydrogens (primary N) is 1. The van der Waals surface area contributed by atoms with Gasteiger partial charge >= 0.3 is 12.1 Å². The predicted molar refractivity (Wildman–Crippen MR) is 54.4 cm³/mol. The van der Waals surface area contributed by atoms with Crippen LogP contribution in [0.1, 0.15) is 12.8 Å². The number of carbonyl (C=O) groups excluding carboxylic acids is 1. The quantitative estimate of drug-likeness (QED) is 0.413. The molecule has 0 radical (unpaired) electrons. The van der Waals surface area contributed by atoms with Crippen molar-refractivity contribution in [3.63, 3.8) is 0 Å². The number of alkyl carbamates (subject to hydrolysis) is 1. The second-order valence-electron chi connectivity index (χ2n) is 2.90. The molecule has 1 amide bonds. The third-order valence-corrected chi connectivity index (χ3v) is 1.61. The number of carboxylic acid groups (broad SMARTS) is 1. The maximum atomic E-state index is 10.9. The molecule has 0 saturated heterocycles. The Morgan fingerprint density at radius 1 is 1.60 bits per heavy atom. The molecule has 86 valence electrons. The first-order chi connectivity index (χ1) is 7.07. The maximum Gasteiger partial charge on any atom is 0.407 e. The summed E-state index contributed by atoms with van der Waals surface area (Å²) >= 11 is 0. The van der Waals surface area contributed by atoms with Gasteiger partial charge in [0.2, 0.25) is 0 Å². The van der Waals surface area contributed by atoms with Crippen molar-refractivity contribution in [1.82, 2.24) is 5.32 Å². The standard InChI is InChI=1S/C9H16N2O4/c1-2-6-15-9(14)11-5-3-4-7(10)8(12)13/h2,7H,1,3-6,10H2,(H,11,14)(H,12,13)/t7-/m0/s1. The predicted octanol–water partition coefficient (Wildman–Crippen LogP) is 0.0907. The monoisotopic (exact) mass is 216 g/mol. The lowest BCUT2D eigenvalue weighted by molar-refractivity contribution is -0.138. The summed E-state index contributed by atoms with van der Waals surface area (Å²) in [6, 6.07) is -0.879. The highest BCUT2D eigenvalue weighted by Gasteiger charge is 2.10. The smallest absolute Gasteiger partial charge is 0.407 e. The zero-order valence-electron chi connectivity index (χ0n) is 8.44. The number of amides is 1. The first-order valence-corrected chi connectivity index (χ1v) is 4.57. The van der Waals surface area contributed by atoms with E-state index >= 15 is 0 Å². The van der Waals surface area contributed by atoms with Crippen LogP contribution in [-0.4, -0.2) is 36.4 Å². The van der Waals surface area contributed by atoms with Gasteiger partial charge in [-0.1, -0.05) is 12.7 Å². The zero-order valence-corrected chi connectivity index (χ0v) is 8.44. The van der Waals surface area contributed by atoms with Crippen LogP contribution in [0.15, 0.2) is 12.7 Å². The van der Waals surface area contributed by atoms with Crippen LogP contribution in [0, 0.1) is 0 Å². The normalized spacial score (nSPS) is 11.5. The molecule has 0 aromatic heterocycles. The van der Waals surface area contributed by atoms with Crippen molar-refractivity contribution >= 4 is 12.1 Å². The minimum atomic E-state index is -1.04. The van der Waals surface area contributed by atoms with Crippen molar-refractivity contribution < 1.29 is 19.4 Å². The fourth-order valence-electron chi connectivity index (χ4n) is 0.822.